The minimum absolute atomic E-state index is 0.0611. The normalized spacial score (nSPS) is 20.5. The van der Waals surface area contributed by atoms with E-state index in [-0.39, 0.29) is 23.5 Å². The van der Waals surface area contributed by atoms with Crippen LogP contribution in [-0.4, -0.2) is 54.9 Å². The number of amides is 1. The number of piperidine rings is 1. The number of carboxylic acid groups (broad SMARTS) is 1. The molecular formula is C24H24FN5O3S2. The molecule has 4 heterocycles. The summed E-state index contributed by atoms with van der Waals surface area (Å²) in [5.41, 5.74) is 7.79. The number of thiazole rings is 2. The number of fused-ring (bicyclic) bond motifs is 2. The van der Waals surface area contributed by atoms with E-state index in [1.807, 2.05) is 23.3 Å². The zero-order valence-corrected chi connectivity index (χ0v) is 20.8. The molecule has 1 amide bonds. The summed E-state index contributed by atoms with van der Waals surface area (Å²) in [6.45, 7) is 4.05. The zero-order valence-electron chi connectivity index (χ0n) is 19.1. The van der Waals surface area contributed by atoms with Gasteiger partial charge in [-0.2, -0.15) is 0 Å². The number of carboxylic acids is 1. The molecule has 1 saturated heterocycles. The van der Waals surface area contributed by atoms with Crippen molar-refractivity contribution >= 4 is 39.5 Å². The van der Waals surface area contributed by atoms with E-state index < -0.39 is 5.97 Å². The maximum Gasteiger partial charge on any atom is 0.354 e. The van der Waals surface area contributed by atoms with E-state index in [4.69, 9.17) is 10.8 Å². The number of likely N-dealkylation sites (tertiary alicyclic amines) is 1. The Hall–Kier alpha value is -3.15. The molecule has 0 radical (unpaired) electrons. The molecule has 3 N–H and O–H groups in total. The van der Waals surface area contributed by atoms with Gasteiger partial charge in [-0.3, -0.25) is 9.20 Å². The van der Waals surface area contributed by atoms with E-state index in [0.717, 1.165) is 27.7 Å². The summed E-state index contributed by atoms with van der Waals surface area (Å²) in [4.78, 5) is 35.7. The number of aryl methyl sites for hydroxylation is 2. The Balaban J connectivity index is 0.000000178. The minimum Gasteiger partial charge on any atom is -0.477 e. The molecule has 35 heavy (non-hydrogen) atoms. The van der Waals surface area contributed by atoms with Crippen LogP contribution in [0, 0.1) is 25.6 Å². The molecule has 182 valence electrons. The Kier molecular flexibility index (Phi) is 6.16. The van der Waals surface area contributed by atoms with Crippen LogP contribution in [0.2, 0.25) is 0 Å². The van der Waals surface area contributed by atoms with Gasteiger partial charge in [0.2, 0.25) is 0 Å². The fourth-order valence-electron chi connectivity index (χ4n) is 4.76. The second-order valence-electron chi connectivity index (χ2n) is 8.73. The molecule has 0 unspecified atom stereocenters. The number of carbonyl (C=O) groups is 2. The molecular weight excluding hydrogens is 489 g/mol. The van der Waals surface area contributed by atoms with Crippen LogP contribution < -0.4 is 5.73 Å². The fourth-order valence-corrected chi connectivity index (χ4v) is 6.42. The summed E-state index contributed by atoms with van der Waals surface area (Å²) in [5.74, 6) is -0.701. The van der Waals surface area contributed by atoms with E-state index in [9.17, 15) is 14.0 Å². The van der Waals surface area contributed by atoms with Crippen molar-refractivity contribution in [1.29, 1.82) is 0 Å². The Morgan fingerprint density at radius 1 is 1.26 bits per heavy atom. The highest BCUT2D eigenvalue weighted by Crippen LogP contribution is 2.48. The number of aromatic nitrogens is 3. The van der Waals surface area contributed by atoms with Crippen LogP contribution in [0.3, 0.4) is 0 Å². The predicted molar refractivity (Wildman–Crippen MR) is 133 cm³/mol. The molecule has 1 aliphatic heterocycles. The molecule has 3 aromatic heterocycles. The topological polar surface area (TPSA) is 114 Å². The Morgan fingerprint density at radius 3 is 2.77 bits per heavy atom. The Labute approximate surface area is 208 Å². The largest absolute Gasteiger partial charge is 0.477 e. The van der Waals surface area contributed by atoms with Gasteiger partial charge in [-0.25, -0.2) is 19.2 Å². The molecule has 1 saturated carbocycles. The monoisotopic (exact) mass is 513 g/mol. The van der Waals surface area contributed by atoms with Crippen molar-refractivity contribution in [2.75, 3.05) is 6.54 Å². The average Bonchev–Trinajstić information content (AvgIpc) is 3.17. The maximum atomic E-state index is 13.6. The molecule has 1 aromatic carbocycles. The highest BCUT2D eigenvalue weighted by Gasteiger charge is 2.54. The number of imidazole rings is 1. The van der Waals surface area contributed by atoms with Gasteiger partial charge in [0.15, 0.2) is 10.7 Å². The average molecular weight is 514 g/mol. The quantitative estimate of drug-likeness (QED) is 0.422. The lowest BCUT2D eigenvalue weighted by molar-refractivity contribution is 0.0683. The number of hydrogen-bond acceptors (Lipinski definition) is 7. The lowest BCUT2D eigenvalue weighted by Crippen LogP contribution is -2.42. The Bertz CT molecular complexity index is 1430. The predicted octanol–water partition coefficient (Wildman–Crippen LogP) is 4.22. The van der Waals surface area contributed by atoms with Gasteiger partial charge in [0.05, 0.1) is 15.6 Å². The smallest absolute Gasteiger partial charge is 0.354 e. The van der Waals surface area contributed by atoms with Crippen molar-refractivity contribution in [3.05, 3.63) is 63.7 Å². The van der Waals surface area contributed by atoms with E-state index in [0.29, 0.717) is 35.5 Å². The third-order valence-electron chi connectivity index (χ3n) is 6.38. The third kappa shape index (κ3) is 4.35. The summed E-state index contributed by atoms with van der Waals surface area (Å²) < 4.78 is 15.1. The van der Waals surface area contributed by atoms with E-state index in [1.54, 1.807) is 23.6 Å². The fraction of sp³-hybridized carbons (Fsp3) is 0.333. The standard InChI is InChI=1S/C17H18FN3OS.C7H6N2O2S/c1-9-20-15(16(23-9)10-3-2-4-12(18)5-10)17(22)21-13(8-19)6-11-7-14(11)21;1-4-5(6(10)11)9-2-3-12-7(9)8-4/h2-5,11,13-14H,6-8,19H2,1H3;2-3H,1H3,(H,10,11)/t11-,13+,14+;/m1./s1. The lowest BCUT2D eigenvalue weighted by Gasteiger charge is -2.26. The van der Waals surface area contributed by atoms with Gasteiger partial charge >= 0.3 is 5.97 Å². The molecule has 0 spiro atoms. The summed E-state index contributed by atoms with van der Waals surface area (Å²) in [7, 11) is 0. The van der Waals surface area contributed by atoms with E-state index in [2.05, 4.69) is 9.97 Å². The molecule has 4 aromatic rings. The van der Waals surface area contributed by atoms with Crippen LogP contribution in [-0.2, 0) is 0 Å². The number of aromatic carboxylic acids is 1. The first-order valence-corrected chi connectivity index (χ1v) is 12.9. The maximum absolute atomic E-state index is 13.6. The van der Waals surface area contributed by atoms with Crippen molar-refractivity contribution in [2.24, 2.45) is 11.7 Å². The third-order valence-corrected chi connectivity index (χ3v) is 8.16. The van der Waals surface area contributed by atoms with Crippen LogP contribution in [0.25, 0.3) is 15.4 Å². The number of nitrogens with zero attached hydrogens (tertiary/aromatic N) is 4. The number of benzene rings is 1. The first kappa shape index (κ1) is 23.6. The molecule has 6 rings (SSSR count). The molecule has 1 aliphatic carbocycles. The van der Waals surface area contributed by atoms with Crippen LogP contribution in [0.15, 0.2) is 35.8 Å². The second kappa shape index (κ2) is 9.14. The number of carbonyl (C=O) groups excluding carboxylic acids is 1. The number of rotatable bonds is 4. The summed E-state index contributed by atoms with van der Waals surface area (Å²) >= 11 is 2.86. The van der Waals surface area contributed by atoms with Crippen LogP contribution >= 0.6 is 22.7 Å². The second-order valence-corrected chi connectivity index (χ2v) is 10.8. The van der Waals surface area contributed by atoms with Crippen molar-refractivity contribution in [3.63, 3.8) is 0 Å². The van der Waals surface area contributed by atoms with Crippen LogP contribution in [0.5, 0.6) is 0 Å². The van der Waals surface area contributed by atoms with Gasteiger partial charge < -0.3 is 15.7 Å². The number of halogens is 1. The van der Waals surface area contributed by atoms with Gasteiger partial charge in [-0.15, -0.1) is 22.7 Å². The number of nitrogens with two attached hydrogens (primary N) is 1. The van der Waals surface area contributed by atoms with Crippen molar-refractivity contribution < 1.29 is 19.1 Å². The van der Waals surface area contributed by atoms with Gasteiger partial charge in [-0.05, 0) is 50.3 Å². The first-order chi connectivity index (χ1) is 16.8. The highest BCUT2D eigenvalue weighted by atomic mass is 32.1. The highest BCUT2D eigenvalue weighted by molar-refractivity contribution is 7.15. The van der Waals surface area contributed by atoms with Gasteiger partial charge in [-0.1, -0.05) is 12.1 Å². The van der Waals surface area contributed by atoms with Gasteiger partial charge in [0, 0.05) is 30.2 Å². The van der Waals surface area contributed by atoms with Crippen molar-refractivity contribution in [3.8, 4) is 10.4 Å². The van der Waals surface area contributed by atoms with Crippen molar-refractivity contribution in [1.82, 2.24) is 19.3 Å². The van der Waals surface area contributed by atoms with Crippen LogP contribution in [0.4, 0.5) is 4.39 Å². The summed E-state index contributed by atoms with van der Waals surface area (Å²) in [6.07, 6.45) is 3.77. The summed E-state index contributed by atoms with van der Waals surface area (Å²) in [5, 5.41) is 11.4. The molecule has 3 atom stereocenters. The van der Waals surface area contributed by atoms with E-state index in [1.165, 1.54) is 34.8 Å². The minimum atomic E-state index is -0.932. The molecule has 8 nitrogen and oxygen atoms in total. The molecule has 11 heteroatoms. The molecule has 2 fully saturated rings. The number of hydrogen-bond donors (Lipinski definition) is 2. The van der Waals surface area contributed by atoms with E-state index >= 15 is 0 Å². The lowest BCUT2D eigenvalue weighted by atomic mass is 10.1. The zero-order chi connectivity index (χ0) is 24.9. The summed E-state index contributed by atoms with van der Waals surface area (Å²) in [6, 6.07) is 6.75. The van der Waals surface area contributed by atoms with Gasteiger partial charge in [0.25, 0.3) is 5.91 Å². The van der Waals surface area contributed by atoms with Crippen LogP contribution in [0.1, 0.15) is 44.5 Å². The SMILES string of the molecule is Cc1nc(C(=O)N2[C@H](CN)C[C@@H]3C[C@@H]32)c(-c2cccc(F)c2)s1.Cc1nc2sccn2c1C(=O)O. The van der Waals surface area contributed by atoms with Crippen molar-refractivity contribution in [2.45, 2.75) is 38.8 Å². The molecule has 0 bridgehead atoms. The first-order valence-electron chi connectivity index (χ1n) is 11.2. The van der Waals surface area contributed by atoms with Gasteiger partial charge in [0.1, 0.15) is 11.5 Å². The Morgan fingerprint density at radius 2 is 2.06 bits per heavy atom. The molecule has 2 aliphatic rings.